The molecule has 182 valence electrons. The summed E-state index contributed by atoms with van der Waals surface area (Å²) in [5, 5.41) is 12.3. The number of aliphatic carboxylic acids is 1. The van der Waals surface area contributed by atoms with Gasteiger partial charge in [-0.25, -0.2) is 4.79 Å². The molecule has 2 heterocycles. The maximum atomic E-state index is 12.1. The summed E-state index contributed by atoms with van der Waals surface area (Å²) in [4.78, 5) is 23.7. The topological polar surface area (TPSA) is 113 Å². The lowest BCUT2D eigenvalue weighted by atomic mass is 9.95. The Balaban J connectivity index is 1.59. The van der Waals surface area contributed by atoms with Crippen molar-refractivity contribution >= 4 is 11.9 Å². The van der Waals surface area contributed by atoms with E-state index in [0.717, 1.165) is 11.1 Å². The molecule has 34 heavy (non-hydrogen) atoms. The minimum Gasteiger partial charge on any atom is -0.479 e. The quantitative estimate of drug-likeness (QED) is 0.604. The van der Waals surface area contributed by atoms with Crippen LogP contribution in [0.15, 0.2) is 60.7 Å². The third-order valence-corrected chi connectivity index (χ3v) is 5.75. The van der Waals surface area contributed by atoms with E-state index in [1.807, 2.05) is 60.7 Å². The van der Waals surface area contributed by atoms with Crippen molar-refractivity contribution in [2.45, 2.75) is 63.5 Å². The molecule has 2 aromatic carbocycles. The van der Waals surface area contributed by atoms with Crippen LogP contribution >= 0.6 is 0 Å². The maximum absolute atomic E-state index is 12.1. The van der Waals surface area contributed by atoms with Crippen LogP contribution in [0.2, 0.25) is 0 Å². The molecular weight excluding hydrogens is 442 g/mol. The van der Waals surface area contributed by atoms with Crippen LogP contribution in [0.1, 0.15) is 31.3 Å². The first kappa shape index (κ1) is 24.3. The minimum atomic E-state index is -1.14. The van der Waals surface area contributed by atoms with Gasteiger partial charge in [-0.05, 0) is 12.5 Å². The van der Waals surface area contributed by atoms with Gasteiger partial charge in [-0.3, -0.25) is 4.79 Å². The van der Waals surface area contributed by atoms with Crippen molar-refractivity contribution in [1.29, 1.82) is 0 Å². The highest BCUT2D eigenvalue weighted by atomic mass is 16.8. The molecule has 2 aliphatic rings. The summed E-state index contributed by atoms with van der Waals surface area (Å²) < 4.78 is 30.3. The fourth-order valence-electron chi connectivity index (χ4n) is 4.09. The van der Waals surface area contributed by atoms with Crippen LogP contribution in [-0.2, 0) is 39.9 Å². The predicted octanol–water partition coefficient (Wildman–Crippen LogP) is 2.41. The van der Waals surface area contributed by atoms with E-state index in [-0.39, 0.29) is 19.1 Å². The first-order chi connectivity index (χ1) is 16.4. The lowest BCUT2D eigenvalue weighted by Crippen LogP contribution is -2.67. The van der Waals surface area contributed by atoms with E-state index in [1.54, 1.807) is 0 Å². The van der Waals surface area contributed by atoms with Crippen LogP contribution in [0.3, 0.4) is 0 Å². The summed E-state index contributed by atoms with van der Waals surface area (Å²) in [6, 6.07) is 18.1. The average Bonchev–Trinajstić information content (AvgIpc) is 2.84. The molecule has 9 heteroatoms. The molecule has 7 atom stereocenters. The molecule has 0 aromatic heterocycles. The molecular formula is C25H29NO8. The van der Waals surface area contributed by atoms with Crippen LogP contribution in [-0.4, -0.2) is 60.3 Å². The fourth-order valence-corrected chi connectivity index (χ4v) is 4.09. The van der Waals surface area contributed by atoms with Crippen molar-refractivity contribution in [2.75, 3.05) is 6.61 Å². The Hall–Kier alpha value is -2.82. The summed E-state index contributed by atoms with van der Waals surface area (Å²) in [6.07, 6.45) is -4.87. The van der Waals surface area contributed by atoms with Crippen LogP contribution < -0.4 is 5.32 Å². The summed E-state index contributed by atoms with van der Waals surface area (Å²) in [5.74, 6) is -1.46. The van der Waals surface area contributed by atoms with Crippen LogP contribution in [0, 0.1) is 0 Å². The normalized spacial score (nSPS) is 29.6. The second-order valence-electron chi connectivity index (χ2n) is 8.32. The number of hydrogen-bond donors (Lipinski definition) is 2. The van der Waals surface area contributed by atoms with Crippen molar-refractivity contribution in [3.63, 3.8) is 0 Å². The third-order valence-electron chi connectivity index (χ3n) is 5.75. The Labute approximate surface area is 197 Å². The molecule has 2 aliphatic heterocycles. The maximum Gasteiger partial charge on any atom is 0.332 e. The molecule has 1 amide bonds. The molecule has 0 radical (unpaired) electrons. The number of carboxylic acid groups (broad SMARTS) is 1. The largest absolute Gasteiger partial charge is 0.479 e. The van der Waals surface area contributed by atoms with E-state index < -0.39 is 49.0 Å². The van der Waals surface area contributed by atoms with Gasteiger partial charge in [0, 0.05) is 12.5 Å². The monoisotopic (exact) mass is 471 g/mol. The van der Waals surface area contributed by atoms with Gasteiger partial charge in [0.15, 0.2) is 18.7 Å². The number of rotatable bonds is 8. The number of hydrogen-bond acceptors (Lipinski definition) is 7. The Morgan fingerprint density at radius 1 is 1.09 bits per heavy atom. The van der Waals surface area contributed by atoms with Crippen molar-refractivity contribution in [1.82, 2.24) is 5.32 Å². The van der Waals surface area contributed by atoms with E-state index in [9.17, 15) is 14.7 Å². The number of carbonyl (C=O) groups excluding carboxylic acids is 1. The number of fused-ring (bicyclic) bond motifs is 1. The number of amides is 1. The number of carbonyl (C=O) groups is 2. The van der Waals surface area contributed by atoms with E-state index in [4.69, 9.17) is 23.7 Å². The smallest absolute Gasteiger partial charge is 0.332 e. The van der Waals surface area contributed by atoms with Crippen LogP contribution in [0.4, 0.5) is 0 Å². The molecule has 0 unspecified atom stereocenters. The van der Waals surface area contributed by atoms with Crippen molar-refractivity contribution in [3.05, 3.63) is 71.8 Å². The third kappa shape index (κ3) is 5.81. The first-order valence-corrected chi connectivity index (χ1v) is 11.2. The van der Waals surface area contributed by atoms with Gasteiger partial charge in [0.25, 0.3) is 0 Å². The Morgan fingerprint density at radius 2 is 1.76 bits per heavy atom. The lowest BCUT2D eigenvalue weighted by Gasteiger charge is -2.49. The Morgan fingerprint density at radius 3 is 2.41 bits per heavy atom. The first-order valence-electron chi connectivity index (χ1n) is 11.2. The molecule has 9 nitrogen and oxygen atoms in total. The molecule has 2 saturated heterocycles. The van der Waals surface area contributed by atoms with Crippen molar-refractivity contribution in [3.8, 4) is 0 Å². The van der Waals surface area contributed by atoms with Crippen LogP contribution in [0.5, 0.6) is 0 Å². The highest BCUT2D eigenvalue weighted by molar-refractivity contribution is 5.73. The lowest BCUT2D eigenvalue weighted by molar-refractivity contribution is -0.351. The highest BCUT2D eigenvalue weighted by Gasteiger charge is 2.52. The highest BCUT2D eigenvalue weighted by Crippen LogP contribution is 2.36. The van der Waals surface area contributed by atoms with Crippen molar-refractivity contribution in [2.24, 2.45) is 0 Å². The zero-order chi connectivity index (χ0) is 24.1. The molecule has 2 fully saturated rings. The minimum absolute atomic E-state index is 0.184. The molecule has 0 aliphatic carbocycles. The van der Waals surface area contributed by atoms with Gasteiger partial charge >= 0.3 is 5.97 Å². The summed E-state index contributed by atoms with van der Waals surface area (Å²) >= 11 is 0. The standard InChI is InChI=1S/C25H29NO8/c1-15(23(28)29)32-22-20(26-16(2)27)25(30-13-17-9-5-3-6-10-17)33-19-14-31-24(34-21(19)22)18-11-7-4-8-12-18/h3-12,15,19-22,24-25H,13-14H2,1-2H3,(H,26,27)(H,28,29)/t15-,19-,20+,21+,22+,24+,25-/m1/s1. The Bertz CT molecular complexity index is 956. The van der Waals surface area contributed by atoms with Crippen LogP contribution in [0.25, 0.3) is 0 Å². The zero-order valence-electron chi connectivity index (χ0n) is 19.0. The van der Waals surface area contributed by atoms with Gasteiger partial charge in [0.05, 0.1) is 13.2 Å². The van der Waals surface area contributed by atoms with Gasteiger partial charge in [-0.1, -0.05) is 60.7 Å². The van der Waals surface area contributed by atoms with E-state index >= 15 is 0 Å². The zero-order valence-corrected chi connectivity index (χ0v) is 19.0. The van der Waals surface area contributed by atoms with E-state index in [2.05, 4.69) is 5.32 Å². The SMILES string of the molecule is CC(=O)N[C@@H]1[C@H](OCc2ccccc2)O[C@@H]2CO[C@H](c3ccccc3)O[C@@H]2[C@H]1O[C@H](C)C(=O)O. The average molecular weight is 472 g/mol. The predicted molar refractivity (Wildman–Crippen MR) is 119 cm³/mol. The molecule has 0 spiro atoms. The number of ether oxygens (including phenoxy) is 5. The summed E-state index contributed by atoms with van der Waals surface area (Å²) in [7, 11) is 0. The van der Waals surface area contributed by atoms with Gasteiger partial charge in [0.2, 0.25) is 5.91 Å². The molecule has 2 N–H and O–H groups in total. The molecule has 2 aromatic rings. The van der Waals surface area contributed by atoms with Gasteiger partial charge in [-0.15, -0.1) is 0 Å². The fraction of sp³-hybridized carbons (Fsp3) is 0.440. The van der Waals surface area contributed by atoms with Crippen molar-refractivity contribution < 1.29 is 38.4 Å². The van der Waals surface area contributed by atoms with Gasteiger partial charge in [-0.2, -0.15) is 0 Å². The molecule has 4 rings (SSSR count). The summed E-state index contributed by atoms with van der Waals surface area (Å²) in [6.45, 7) is 3.22. The van der Waals surface area contributed by atoms with Gasteiger partial charge < -0.3 is 34.1 Å². The second kappa shape index (κ2) is 11.1. The number of carboxylic acids is 1. The van der Waals surface area contributed by atoms with Gasteiger partial charge in [0.1, 0.15) is 24.4 Å². The van der Waals surface area contributed by atoms with E-state index in [0.29, 0.717) is 0 Å². The Kier molecular flexibility index (Phi) is 7.91. The molecule has 0 bridgehead atoms. The van der Waals surface area contributed by atoms with E-state index in [1.165, 1.54) is 13.8 Å². The summed E-state index contributed by atoms with van der Waals surface area (Å²) in [5.41, 5.74) is 1.73. The number of nitrogens with one attached hydrogen (secondary N) is 1. The number of benzene rings is 2. The molecule has 0 saturated carbocycles. The second-order valence-corrected chi connectivity index (χ2v) is 8.32.